The molecule has 1 heterocycles. The number of rotatable bonds is 5. The van der Waals surface area contributed by atoms with Crippen molar-refractivity contribution in [2.24, 2.45) is 5.92 Å². The fourth-order valence-corrected chi connectivity index (χ4v) is 2.88. The first-order valence-corrected chi connectivity index (χ1v) is 8.07. The maximum atomic E-state index is 12.0. The zero-order chi connectivity index (χ0) is 16.9. The topological polar surface area (TPSA) is 91.3 Å². The second kappa shape index (κ2) is 7.44. The molecule has 23 heavy (non-hydrogen) atoms. The Hall–Kier alpha value is -2.11. The number of carboxylic acid groups (broad SMARTS) is 1. The van der Waals surface area contributed by atoms with E-state index in [1.54, 1.807) is 6.20 Å². The van der Waals surface area contributed by atoms with Crippen molar-refractivity contribution in [1.82, 2.24) is 15.6 Å². The zero-order valence-corrected chi connectivity index (χ0v) is 13.7. The van der Waals surface area contributed by atoms with Crippen LogP contribution in [0.15, 0.2) is 24.4 Å². The van der Waals surface area contributed by atoms with Crippen LogP contribution in [0.4, 0.5) is 4.79 Å². The second-order valence-corrected chi connectivity index (χ2v) is 6.81. The molecule has 2 rings (SSSR count). The molecule has 6 heteroatoms. The standard InChI is InChI=1S/C17H25N3O3/c1-17(2,14-5-3-4-10-18-14)11-19-16(23)20-13-8-6-12(7-9-13)15(21)22/h3-5,10,12-13H,6-9,11H2,1-2H3,(H,21,22)(H2,19,20,23). The molecule has 3 N–H and O–H groups in total. The molecule has 0 spiro atoms. The highest BCUT2D eigenvalue weighted by Crippen LogP contribution is 2.24. The summed E-state index contributed by atoms with van der Waals surface area (Å²) < 4.78 is 0. The summed E-state index contributed by atoms with van der Waals surface area (Å²) in [4.78, 5) is 27.3. The molecule has 0 unspecified atom stereocenters. The first-order chi connectivity index (χ1) is 10.9. The lowest BCUT2D eigenvalue weighted by Crippen LogP contribution is -2.47. The van der Waals surface area contributed by atoms with Crippen molar-refractivity contribution in [2.75, 3.05) is 6.54 Å². The van der Waals surface area contributed by atoms with Gasteiger partial charge in [-0.05, 0) is 37.8 Å². The largest absolute Gasteiger partial charge is 0.481 e. The molecule has 1 aliphatic rings. The second-order valence-electron chi connectivity index (χ2n) is 6.81. The number of urea groups is 1. The Morgan fingerprint density at radius 3 is 2.52 bits per heavy atom. The van der Waals surface area contributed by atoms with Gasteiger partial charge < -0.3 is 15.7 Å². The number of aromatic nitrogens is 1. The Morgan fingerprint density at radius 2 is 1.96 bits per heavy atom. The van der Waals surface area contributed by atoms with Gasteiger partial charge in [0.15, 0.2) is 0 Å². The van der Waals surface area contributed by atoms with Gasteiger partial charge >= 0.3 is 12.0 Å². The van der Waals surface area contributed by atoms with Crippen molar-refractivity contribution >= 4 is 12.0 Å². The van der Waals surface area contributed by atoms with Crippen LogP contribution in [0.2, 0.25) is 0 Å². The van der Waals surface area contributed by atoms with Crippen LogP contribution in [0.5, 0.6) is 0 Å². The van der Waals surface area contributed by atoms with E-state index in [-0.39, 0.29) is 23.4 Å². The number of hydrogen-bond donors (Lipinski definition) is 3. The molecule has 1 aliphatic carbocycles. The number of pyridine rings is 1. The molecule has 0 radical (unpaired) electrons. The summed E-state index contributed by atoms with van der Waals surface area (Å²) in [5, 5.41) is 14.8. The summed E-state index contributed by atoms with van der Waals surface area (Å²) in [7, 11) is 0. The minimum atomic E-state index is -0.731. The minimum absolute atomic E-state index is 0.0589. The quantitative estimate of drug-likeness (QED) is 0.776. The molecule has 0 aromatic carbocycles. The maximum Gasteiger partial charge on any atom is 0.315 e. The van der Waals surface area contributed by atoms with Crippen LogP contribution in [-0.4, -0.2) is 34.7 Å². The Morgan fingerprint density at radius 1 is 1.26 bits per heavy atom. The lowest BCUT2D eigenvalue weighted by Gasteiger charge is -2.28. The maximum absolute atomic E-state index is 12.0. The summed E-state index contributed by atoms with van der Waals surface area (Å²) in [6, 6.07) is 5.61. The van der Waals surface area contributed by atoms with E-state index in [0.29, 0.717) is 32.2 Å². The molecule has 6 nitrogen and oxygen atoms in total. The van der Waals surface area contributed by atoms with Crippen molar-refractivity contribution in [1.29, 1.82) is 0 Å². The Balaban J connectivity index is 1.76. The molecule has 1 aromatic heterocycles. The number of aliphatic carboxylic acids is 1. The fraction of sp³-hybridized carbons (Fsp3) is 0.588. The van der Waals surface area contributed by atoms with E-state index in [1.165, 1.54) is 0 Å². The van der Waals surface area contributed by atoms with E-state index in [4.69, 9.17) is 5.11 Å². The smallest absolute Gasteiger partial charge is 0.315 e. The lowest BCUT2D eigenvalue weighted by atomic mass is 9.86. The van der Waals surface area contributed by atoms with Gasteiger partial charge in [-0.3, -0.25) is 9.78 Å². The minimum Gasteiger partial charge on any atom is -0.481 e. The summed E-state index contributed by atoms with van der Waals surface area (Å²) in [5.41, 5.74) is 0.682. The fourth-order valence-electron chi connectivity index (χ4n) is 2.88. The number of nitrogens with zero attached hydrogens (tertiary/aromatic N) is 1. The predicted molar refractivity (Wildman–Crippen MR) is 87.2 cm³/mol. The molecule has 1 saturated carbocycles. The van der Waals surface area contributed by atoms with Gasteiger partial charge in [-0.15, -0.1) is 0 Å². The van der Waals surface area contributed by atoms with Gasteiger partial charge in [0.05, 0.1) is 5.92 Å². The van der Waals surface area contributed by atoms with Crippen LogP contribution < -0.4 is 10.6 Å². The third-order valence-corrected chi connectivity index (χ3v) is 4.46. The van der Waals surface area contributed by atoms with E-state index in [1.807, 2.05) is 32.0 Å². The third-order valence-electron chi connectivity index (χ3n) is 4.46. The molecule has 0 saturated heterocycles. The molecule has 126 valence electrons. The van der Waals surface area contributed by atoms with E-state index in [2.05, 4.69) is 15.6 Å². The highest BCUT2D eigenvalue weighted by atomic mass is 16.4. The van der Waals surface area contributed by atoms with Crippen LogP contribution in [0.25, 0.3) is 0 Å². The Labute approximate surface area is 136 Å². The monoisotopic (exact) mass is 319 g/mol. The number of hydrogen-bond acceptors (Lipinski definition) is 3. The lowest BCUT2D eigenvalue weighted by molar-refractivity contribution is -0.142. The van der Waals surface area contributed by atoms with Gasteiger partial charge in [0, 0.05) is 29.9 Å². The summed E-state index contributed by atoms with van der Waals surface area (Å²) in [6.07, 6.45) is 4.43. The highest BCUT2D eigenvalue weighted by Gasteiger charge is 2.27. The number of carboxylic acids is 1. The average molecular weight is 319 g/mol. The average Bonchev–Trinajstić information content (AvgIpc) is 2.54. The number of amides is 2. The van der Waals surface area contributed by atoms with Crippen LogP contribution in [0.1, 0.15) is 45.2 Å². The number of nitrogens with one attached hydrogen (secondary N) is 2. The van der Waals surface area contributed by atoms with Crippen LogP contribution in [-0.2, 0) is 10.2 Å². The molecular formula is C17H25N3O3. The first kappa shape index (κ1) is 17.2. The van der Waals surface area contributed by atoms with Crippen molar-refractivity contribution < 1.29 is 14.7 Å². The Kier molecular flexibility index (Phi) is 5.58. The van der Waals surface area contributed by atoms with Gasteiger partial charge in [0.1, 0.15) is 0 Å². The summed E-state index contributed by atoms with van der Waals surface area (Å²) in [6.45, 7) is 4.56. The van der Waals surface area contributed by atoms with Crippen molar-refractivity contribution in [2.45, 2.75) is 51.0 Å². The van der Waals surface area contributed by atoms with Gasteiger partial charge in [0.25, 0.3) is 0 Å². The number of carbonyl (C=O) groups is 2. The van der Waals surface area contributed by atoms with Gasteiger partial charge in [-0.1, -0.05) is 19.9 Å². The van der Waals surface area contributed by atoms with E-state index in [0.717, 1.165) is 5.69 Å². The van der Waals surface area contributed by atoms with Crippen molar-refractivity contribution in [3.8, 4) is 0 Å². The number of carbonyl (C=O) groups excluding carboxylic acids is 1. The molecule has 0 aliphatic heterocycles. The summed E-state index contributed by atoms with van der Waals surface area (Å²) in [5.74, 6) is -0.996. The van der Waals surface area contributed by atoms with Crippen molar-refractivity contribution in [3.05, 3.63) is 30.1 Å². The molecule has 0 bridgehead atoms. The molecule has 2 amide bonds. The van der Waals surface area contributed by atoms with Gasteiger partial charge in [-0.25, -0.2) is 4.79 Å². The van der Waals surface area contributed by atoms with Gasteiger partial charge in [0.2, 0.25) is 0 Å². The zero-order valence-electron chi connectivity index (χ0n) is 13.7. The normalized spacial score (nSPS) is 21.5. The van der Waals surface area contributed by atoms with Gasteiger partial charge in [-0.2, -0.15) is 0 Å². The van der Waals surface area contributed by atoms with Crippen molar-refractivity contribution in [3.63, 3.8) is 0 Å². The van der Waals surface area contributed by atoms with Crippen LogP contribution in [0, 0.1) is 5.92 Å². The van der Waals surface area contributed by atoms with Crippen LogP contribution >= 0.6 is 0 Å². The van der Waals surface area contributed by atoms with Crippen LogP contribution in [0.3, 0.4) is 0 Å². The SMILES string of the molecule is CC(C)(CNC(=O)NC1CCC(C(=O)O)CC1)c1ccccn1. The summed E-state index contributed by atoms with van der Waals surface area (Å²) >= 11 is 0. The molecule has 1 aromatic rings. The van der Waals surface area contributed by atoms with E-state index >= 15 is 0 Å². The Bertz CT molecular complexity index is 537. The molecule has 0 atom stereocenters. The third kappa shape index (κ3) is 4.94. The molecule has 1 fully saturated rings. The molecular weight excluding hydrogens is 294 g/mol. The van der Waals surface area contributed by atoms with E-state index < -0.39 is 5.97 Å². The predicted octanol–water partition coefficient (Wildman–Crippen LogP) is 2.30. The first-order valence-electron chi connectivity index (χ1n) is 8.07. The highest BCUT2D eigenvalue weighted by molar-refractivity contribution is 5.74. The van der Waals surface area contributed by atoms with E-state index in [9.17, 15) is 9.59 Å².